The minimum Gasteiger partial charge on any atom is -0.478 e. The van der Waals surface area contributed by atoms with Gasteiger partial charge in [-0.3, -0.25) is 0 Å². The molecule has 0 heterocycles. The van der Waals surface area contributed by atoms with Crippen molar-refractivity contribution in [1.29, 1.82) is 0 Å². The number of carboxylic acid groups (broad SMARTS) is 4. The molecule has 0 fully saturated rings. The third kappa shape index (κ3) is 23.8. The van der Waals surface area contributed by atoms with E-state index in [1.54, 1.807) is 70.2 Å². The van der Waals surface area contributed by atoms with E-state index in [0.29, 0.717) is 0 Å². The van der Waals surface area contributed by atoms with Crippen LogP contribution in [0.15, 0.2) is 84.0 Å². The molecular formula is C34H46O8Sn. The molecule has 0 saturated heterocycles. The summed E-state index contributed by atoms with van der Waals surface area (Å²) in [5, 5.41) is 34.4. The van der Waals surface area contributed by atoms with Crippen molar-refractivity contribution in [3.63, 3.8) is 0 Å². The van der Waals surface area contributed by atoms with Crippen molar-refractivity contribution in [2.75, 3.05) is 0 Å². The van der Waals surface area contributed by atoms with E-state index in [1.165, 1.54) is 38.5 Å². The molecule has 0 unspecified atom stereocenters. The molecule has 9 heteroatoms. The Morgan fingerprint density at radius 1 is 0.558 bits per heavy atom. The fourth-order valence-electron chi connectivity index (χ4n) is 3.78. The van der Waals surface area contributed by atoms with E-state index >= 15 is 0 Å². The van der Waals surface area contributed by atoms with Crippen LogP contribution in [0.3, 0.4) is 0 Å². The van der Waals surface area contributed by atoms with Gasteiger partial charge in [-0.15, -0.1) is 0 Å². The van der Waals surface area contributed by atoms with E-state index in [2.05, 4.69) is 13.8 Å². The van der Waals surface area contributed by atoms with Crippen LogP contribution in [0.5, 0.6) is 0 Å². The quantitative estimate of drug-likeness (QED) is 0.0717. The van der Waals surface area contributed by atoms with Crippen molar-refractivity contribution < 1.29 is 39.6 Å². The van der Waals surface area contributed by atoms with Gasteiger partial charge in [0.05, 0.1) is 0 Å². The smallest absolute Gasteiger partial charge is 0.332 e. The number of carbonyl (C=O) groups is 4. The summed E-state index contributed by atoms with van der Waals surface area (Å²) in [6.45, 7) is 4.59. The van der Waals surface area contributed by atoms with Crippen LogP contribution in [0.4, 0.5) is 0 Å². The molecule has 0 atom stereocenters. The number of hydrogen-bond acceptors (Lipinski definition) is 4. The van der Waals surface area contributed by atoms with Gasteiger partial charge in [0.25, 0.3) is 0 Å². The van der Waals surface area contributed by atoms with Crippen LogP contribution in [-0.4, -0.2) is 65.4 Å². The molecule has 43 heavy (non-hydrogen) atoms. The fourth-order valence-corrected chi connectivity index (χ4v) is 7.35. The number of carboxylic acids is 4. The van der Waals surface area contributed by atoms with Gasteiger partial charge >= 0.3 is 119 Å². The van der Waals surface area contributed by atoms with Crippen LogP contribution in [0.25, 0.3) is 0 Å². The Bertz CT molecular complexity index is 1040. The first-order valence-corrected chi connectivity index (χ1v) is 18.8. The standard InChI is InChI=1S/2C11H10O4.2C6H13.Sn/c2*12-10(13)7-9(11(14)15)6-8-4-2-1-3-5-8;2*1-3-5-6-4-2;/h2*1-5,7H,6H2,(H,12,13)(H,14,15);2*1,3-6H2,2H3;/b2*9-7-;;;. The Balaban J connectivity index is 0.000000618. The number of hydrogen-bond donors (Lipinski definition) is 4. The molecule has 0 aliphatic rings. The predicted molar refractivity (Wildman–Crippen MR) is 171 cm³/mol. The zero-order valence-electron chi connectivity index (χ0n) is 25.3. The van der Waals surface area contributed by atoms with Crippen LogP contribution in [0, 0.1) is 0 Å². The maximum Gasteiger partial charge on any atom is 0.332 e. The number of rotatable bonds is 18. The predicted octanol–water partition coefficient (Wildman–Crippen LogP) is 7.34. The largest absolute Gasteiger partial charge is 0.478 e. The Labute approximate surface area is 265 Å². The van der Waals surface area contributed by atoms with Gasteiger partial charge in [0.1, 0.15) is 0 Å². The van der Waals surface area contributed by atoms with Gasteiger partial charge in [0.2, 0.25) is 0 Å². The Morgan fingerprint density at radius 2 is 0.907 bits per heavy atom. The van der Waals surface area contributed by atoms with E-state index in [-0.39, 0.29) is 45.1 Å². The SMILES string of the molecule is CCCCC[CH2][Sn][CH2]CCCCC.O=C(O)/C=C(/Cc1ccccc1)C(=O)O.O=C(O)/C=C(/Cc1ccccc1)C(=O)O. The zero-order valence-corrected chi connectivity index (χ0v) is 28.2. The molecule has 0 amide bonds. The second-order valence-corrected chi connectivity index (χ2v) is 14.1. The Kier molecular flexibility index (Phi) is 24.2. The summed E-state index contributed by atoms with van der Waals surface area (Å²) >= 11 is 0.104. The first-order valence-electron chi connectivity index (χ1n) is 14.7. The molecule has 8 nitrogen and oxygen atoms in total. The maximum atomic E-state index is 10.7. The van der Waals surface area contributed by atoms with Gasteiger partial charge in [0, 0.05) is 36.1 Å². The van der Waals surface area contributed by atoms with Gasteiger partial charge in [-0.1, -0.05) is 60.7 Å². The van der Waals surface area contributed by atoms with Gasteiger partial charge in [-0.05, 0) is 11.1 Å². The average molecular weight is 701 g/mol. The molecule has 0 saturated carbocycles. The minimum absolute atomic E-state index is 0.104. The normalized spacial score (nSPS) is 10.9. The van der Waals surface area contributed by atoms with E-state index in [4.69, 9.17) is 20.4 Å². The fraction of sp³-hybridized carbons (Fsp3) is 0.412. The number of aliphatic carboxylic acids is 4. The number of benzene rings is 2. The zero-order chi connectivity index (χ0) is 32.3. The molecule has 234 valence electrons. The topological polar surface area (TPSA) is 149 Å². The third-order valence-corrected chi connectivity index (χ3v) is 10.1. The van der Waals surface area contributed by atoms with E-state index in [9.17, 15) is 19.2 Å². The molecule has 2 aromatic rings. The summed E-state index contributed by atoms with van der Waals surface area (Å²) in [5.74, 6) is -4.91. The van der Waals surface area contributed by atoms with E-state index < -0.39 is 23.9 Å². The molecule has 0 aliphatic heterocycles. The minimum atomic E-state index is -1.25. The van der Waals surface area contributed by atoms with Gasteiger partial charge < -0.3 is 20.4 Å². The van der Waals surface area contributed by atoms with Gasteiger partial charge in [-0.25, -0.2) is 19.2 Å². The molecule has 0 aromatic heterocycles. The Hall–Kier alpha value is -3.40. The van der Waals surface area contributed by atoms with Crippen molar-refractivity contribution in [3.05, 3.63) is 95.1 Å². The Morgan fingerprint density at radius 3 is 1.19 bits per heavy atom. The maximum absolute atomic E-state index is 10.7. The molecule has 2 radical (unpaired) electrons. The molecule has 4 N–H and O–H groups in total. The molecule has 0 aliphatic carbocycles. The van der Waals surface area contributed by atoms with Crippen LogP contribution in [-0.2, 0) is 32.0 Å². The molecule has 2 rings (SSSR count). The summed E-state index contributed by atoms with van der Waals surface area (Å²) in [6.07, 6.45) is 13.5. The summed E-state index contributed by atoms with van der Waals surface area (Å²) in [5.41, 5.74) is 1.28. The van der Waals surface area contributed by atoms with Gasteiger partial charge in [-0.2, -0.15) is 0 Å². The average Bonchev–Trinajstić information content (AvgIpc) is 2.97. The first kappa shape index (κ1) is 39.6. The first-order chi connectivity index (χ1) is 20.6. The van der Waals surface area contributed by atoms with E-state index in [1.807, 2.05) is 12.1 Å². The summed E-state index contributed by atoms with van der Waals surface area (Å²) in [4.78, 5) is 42.1. The second kappa shape index (κ2) is 26.2. The monoisotopic (exact) mass is 702 g/mol. The molecule has 0 bridgehead atoms. The summed E-state index contributed by atoms with van der Waals surface area (Å²) in [7, 11) is 0. The van der Waals surface area contributed by atoms with Crippen molar-refractivity contribution in [3.8, 4) is 0 Å². The van der Waals surface area contributed by atoms with Crippen molar-refractivity contribution in [1.82, 2.24) is 0 Å². The van der Waals surface area contributed by atoms with E-state index in [0.717, 1.165) is 23.3 Å². The van der Waals surface area contributed by atoms with Gasteiger partial charge in [0.15, 0.2) is 0 Å². The van der Waals surface area contributed by atoms with Crippen LogP contribution in [0.2, 0.25) is 8.87 Å². The van der Waals surface area contributed by atoms with Crippen LogP contribution in [0.1, 0.15) is 76.3 Å². The van der Waals surface area contributed by atoms with Crippen molar-refractivity contribution in [2.45, 2.75) is 86.9 Å². The molecular weight excluding hydrogens is 655 g/mol. The second-order valence-electron chi connectivity index (χ2n) is 9.82. The van der Waals surface area contributed by atoms with Crippen LogP contribution < -0.4 is 0 Å². The molecule has 2 aromatic carbocycles. The van der Waals surface area contributed by atoms with Crippen molar-refractivity contribution in [2.24, 2.45) is 0 Å². The third-order valence-electron chi connectivity index (χ3n) is 6.03. The summed E-state index contributed by atoms with van der Waals surface area (Å²) < 4.78 is 3.30. The van der Waals surface area contributed by atoms with Crippen LogP contribution >= 0.6 is 0 Å². The van der Waals surface area contributed by atoms with Crippen molar-refractivity contribution >= 4 is 45.0 Å². The summed E-state index contributed by atoms with van der Waals surface area (Å²) in [6, 6.07) is 17.7. The molecule has 0 spiro atoms. The number of unbranched alkanes of at least 4 members (excludes halogenated alkanes) is 6.